The van der Waals surface area contributed by atoms with E-state index in [1.807, 2.05) is 89.5 Å². The topological polar surface area (TPSA) is 88.5 Å². The molecule has 1 aliphatic heterocycles. The van der Waals surface area contributed by atoms with E-state index in [2.05, 4.69) is 62.8 Å². The van der Waals surface area contributed by atoms with Gasteiger partial charge in [-0.2, -0.15) is 10.5 Å². The number of hydrogen-bond acceptors (Lipinski definition) is 4. The third kappa shape index (κ3) is 4.51. The predicted molar refractivity (Wildman–Crippen MR) is 235 cm³/mol. The summed E-state index contributed by atoms with van der Waals surface area (Å²) >= 11 is 0. The molecule has 0 bridgehead atoms. The minimum atomic E-state index is -0.0676. The fraction of sp³-hybridized carbons (Fsp3) is 0.0385. The van der Waals surface area contributed by atoms with Crippen molar-refractivity contribution in [1.82, 2.24) is 9.13 Å². The van der Waals surface area contributed by atoms with E-state index >= 15 is 0 Å². The highest BCUT2D eigenvalue weighted by Gasteiger charge is 2.33. The summed E-state index contributed by atoms with van der Waals surface area (Å²) in [6.45, 7) is 16.9. The Morgan fingerprint density at radius 2 is 1.25 bits per heavy atom. The predicted octanol–water partition coefficient (Wildman–Crippen LogP) is 13.3. The van der Waals surface area contributed by atoms with E-state index in [-0.39, 0.29) is 34.5 Å². The Hall–Kier alpha value is -8.82. The number of ether oxygens (including phenoxy) is 1. The Balaban J connectivity index is 1.07. The minimum absolute atomic E-state index is 0.0676. The van der Waals surface area contributed by atoms with Crippen LogP contribution in [0.4, 0.5) is 11.4 Å². The monoisotopic (exact) mass is 766 g/mol. The molecule has 2 unspecified atom stereocenters. The van der Waals surface area contributed by atoms with Gasteiger partial charge in [-0.3, -0.25) is 0 Å². The third-order valence-electron chi connectivity index (χ3n) is 12.1. The lowest BCUT2D eigenvalue weighted by Gasteiger charge is -2.17. The minimum Gasteiger partial charge on any atom is -0.485 e. The molecule has 0 fully saturated rings. The number of fused-ring (bicyclic) bond motifs is 12. The van der Waals surface area contributed by atoms with E-state index in [9.17, 15) is 10.5 Å². The quantitative estimate of drug-likeness (QED) is 0.168. The maximum atomic E-state index is 10.9. The molecule has 0 saturated heterocycles. The molecule has 8 nitrogen and oxygen atoms in total. The van der Waals surface area contributed by atoms with Crippen LogP contribution in [0.25, 0.3) is 97.7 Å². The van der Waals surface area contributed by atoms with Crippen LogP contribution in [-0.4, -0.2) is 15.2 Å². The molecule has 0 radical (unpaired) electrons. The van der Waals surface area contributed by atoms with Gasteiger partial charge < -0.3 is 18.3 Å². The second kappa shape index (κ2) is 12.3. The van der Waals surface area contributed by atoms with Gasteiger partial charge in [-0.15, -0.1) is 0 Å². The highest BCUT2D eigenvalue weighted by atomic mass is 16.5. The van der Waals surface area contributed by atoms with E-state index in [0.717, 1.165) is 71.3 Å². The number of allylic oxidation sites excluding steroid dienone is 2. The van der Waals surface area contributed by atoms with Crippen molar-refractivity contribution in [2.75, 3.05) is 0 Å². The molecule has 60 heavy (non-hydrogen) atoms. The van der Waals surface area contributed by atoms with Crippen LogP contribution in [0.1, 0.15) is 22.6 Å². The molecule has 7 aromatic carbocycles. The molecule has 4 heterocycles. The highest BCUT2D eigenvalue weighted by molar-refractivity contribution is 6.18. The summed E-state index contributed by atoms with van der Waals surface area (Å²) < 4.78 is 16.8. The lowest BCUT2D eigenvalue weighted by Crippen LogP contribution is -2.15. The van der Waals surface area contributed by atoms with Crippen molar-refractivity contribution in [3.63, 3.8) is 0 Å². The van der Waals surface area contributed by atoms with Crippen LogP contribution in [0, 0.1) is 35.8 Å². The van der Waals surface area contributed by atoms with Crippen LogP contribution < -0.4 is 4.74 Å². The van der Waals surface area contributed by atoms with Crippen molar-refractivity contribution < 1.29 is 9.15 Å². The third-order valence-corrected chi connectivity index (χ3v) is 12.1. The second-order valence-electron chi connectivity index (χ2n) is 15.2. The van der Waals surface area contributed by atoms with E-state index < -0.39 is 0 Å². The summed E-state index contributed by atoms with van der Waals surface area (Å²) in [5.74, 6) is 0.932. The Labute approximate surface area is 342 Å². The van der Waals surface area contributed by atoms with Crippen molar-refractivity contribution in [1.29, 1.82) is 10.5 Å². The summed E-state index contributed by atoms with van der Waals surface area (Å²) in [7, 11) is 0. The largest absolute Gasteiger partial charge is 0.485 e. The van der Waals surface area contributed by atoms with Gasteiger partial charge in [-0.05, 0) is 72.3 Å². The molecular formula is C52H26N6O2. The number of nitrogens with zero attached hydrogens (tertiary/aromatic N) is 6. The van der Waals surface area contributed by atoms with Crippen LogP contribution in [0.2, 0.25) is 0 Å². The number of benzene rings is 7. The first-order valence-corrected chi connectivity index (χ1v) is 19.4. The van der Waals surface area contributed by atoms with Gasteiger partial charge in [0.15, 0.2) is 5.69 Å². The molecule has 0 saturated carbocycles. The SMILES string of the molecule is [C-]#[N+]c1cc(-n2c3ccccc3c3cc4c(cc32)C2C=CC=CC2O4)cc(C#N)c1-c1cc(C#N)c(-n2c3ccccc3c3cc4c(cc32)oc2ccccc24)c([N+]#[C-])c1. The fourth-order valence-corrected chi connectivity index (χ4v) is 9.60. The van der Waals surface area contributed by atoms with Gasteiger partial charge in [0.25, 0.3) is 0 Å². The van der Waals surface area contributed by atoms with E-state index in [0.29, 0.717) is 28.1 Å². The molecule has 1 aliphatic carbocycles. The zero-order valence-electron chi connectivity index (χ0n) is 31.5. The molecule has 2 aliphatic rings. The first kappa shape index (κ1) is 33.3. The summed E-state index contributed by atoms with van der Waals surface area (Å²) in [5, 5.41) is 27.6. The molecule has 3 aromatic heterocycles. The maximum absolute atomic E-state index is 10.9. The standard InChI is InChI=1S/C52H26N6O2/c1-55-41-22-32(57-43-15-7-3-12-34(43)38-25-49-40(24-45(38)57)36-14-6-10-18-48(36)59-49)20-30(27-53)51(41)29-19-31(28-54)52(42(21-29)56-2)58-44-16-8-4-11-33(44)37-23-39-35-13-5-9-17-47(35)60-50(39)26-46(37)58/h3-26,36,48H. The zero-order valence-corrected chi connectivity index (χ0v) is 31.5. The molecule has 2 atom stereocenters. The zero-order chi connectivity index (χ0) is 40.2. The smallest absolute Gasteiger partial charge is 0.212 e. The molecule has 8 heteroatoms. The fourth-order valence-electron chi connectivity index (χ4n) is 9.60. The van der Waals surface area contributed by atoms with Gasteiger partial charge in [0.2, 0.25) is 5.69 Å². The number of nitriles is 2. The summed E-state index contributed by atoms with van der Waals surface area (Å²) in [5.41, 5.74) is 8.86. The summed E-state index contributed by atoms with van der Waals surface area (Å²) in [6, 6.07) is 44.1. The Morgan fingerprint density at radius 1 is 0.567 bits per heavy atom. The maximum Gasteiger partial charge on any atom is 0.212 e. The van der Waals surface area contributed by atoms with Gasteiger partial charge in [0.1, 0.15) is 23.0 Å². The van der Waals surface area contributed by atoms with Crippen LogP contribution in [0.3, 0.4) is 0 Å². The molecule has 0 N–H and O–H groups in total. The van der Waals surface area contributed by atoms with Gasteiger partial charge >= 0.3 is 0 Å². The first-order chi connectivity index (χ1) is 29.6. The number of hydrogen-bond donors (Lipinski definition) is 0. The van der Waals surface area contributed by atoms with Crippen LogP contribution in [-0.2, 0) is 0 Å². The van der Waals surface area contributed by atoms with Gasteiger partial charge in [-0.1, -0.05) is 72.8 Å². The van der Waals surface area contributed by atoms with E-state index in [4.69, 9.17) is 22.3 Å². The molecule has 10 aromatic rings. The number of rotatable bonds is 3. The normalized spacial score (nSPS) is 15.3. The molecule has 0 spiro atoms. The van der Waals surface area contributed by atoms with Crippen LogP contribution >= 0.6 is 0 Å². The Morgan fingerprint density at radius 3 is 2.02 bits per heavy atom. The van der Waals surface area contributed by atoms with Gasteiger partial charge in [-0.25, -0.2) is 9.69 Å². The van der Waals surface area contributed by atoms with Gasteiger partial charge in [0, 0.05) is 61.1 Å². The molecular weight excluding hydrogens is 741 g/mol. The summed E-state index contributed by atoms with van der Waals surface area (Å²) in [6.07, 6.45) is 8.23. The van der Waals surface area contributed by atoms with Crippen LogP contribution in [0.5, 0.6) is 5.75 Å². The van der Waals surface area contributed by atoms with Crippen LogP contribution in [0.15, 0.2) is 150 Å². The van der Waals surface area contributed by atoms with Crippen molar-refractivity contribution >= 4 is 76.9 Å². The van der Waals surface area contributed by atoms with Crippen molar-refractivity contribution in [3.8, 4) is 40.4 Å². The van der Waals surface area contributed by atoms with Crippen molar-refractivity contribution in [2.45, 2.75) is 12.0 Å². The Bertz CT molecular complexity index is 3760. The molecule has 276 valence electrons. The second-order valence-corrected chi connectivity index (χ2v) is 15.2. The molecule has 12 rings (SSSR count). The first-order valence-electron chi connectivity index (χ1n) is 19.4. The molecule has 0 amide bonds. The number of aromatic nitrogens is 2. The van der Waals surface area contributed by atoms with Crippen molar-refractivity contribution in [3.05, 3.63) is 185 Å². The lowest BCUT2D eigenvalue weighted by atomic mass is 9.91. The van der Waals surface area contributed by atoms with Crippen molar-refractivity contribution in [2.24, 2.45) is 0 Å². The van der Waals surface area contributed by atoms with Gasteiger partial charge in [0.05, 0.1) is 64.2 Å². The highest BCUT2D eigenvalue weighted by Crippen LogP contribution is 2.48. The average Bonchev–Trinajstić information content (AvgIpc) is 4.03. The Kier molecular flexibility index (Phi) is 6.85. The van der Waals surface area contributed by atoms with E-state index in [1.165, 1.54) is 0 Å². The summed E-state index contributed by atoms with van der Waals surface area (Å²) in [4.78, 5) is 7.98. The number of para-hydroxylation sites is 3. The lowest BCUT2D eigenvalue weighted by molar-refractivity contribution is 0.269. The average molecular weight is 767 g/mol. The number of furan rings is 1. The van der Waals surface area contributed by atoms with E-state index in [1.54, 1.807) is 24.3 Å².